The highest BCUT2D eigenvalue weighted by molar-refractivity contribution is 5.49. The van der Waals surface area contributed by atoms with Gasteiger partial charge < -0.3 is 14.2 Å². The van der Waals surface area contributed by atoms with Crippen molar-refractivity contribution in [1.82, 2.24) is 0 Å². The smallest absolute Gasteiger partial charge is 0.163 e. The van der Waals surface area contributed by atoms with E-state index in [1.54, 1.807) is 0 Å². The third-order valence-corrected chi connectivity index (χ3v) is 4.68. The fraction of sp³-hybridized carbons (Fsp3) is 0.333. The summed E-state index contributed by atoms with van der Waals surface area (Å²) < 4.78 is 17.9. The SMILES string of the molecule is C(=C\[C@H]1O[C@@H](c2ccccc2)C[C@H]1C1OCCO1)/c1ccccc1. The molecule has 124 valence electrons. The average molecular weight is 322 g/mol. The van der Waals surface area contributed by atoms with E-state index in [9.17, 15) is 0 Å². The topological polar surface area (TPSA) is 27.7 Å². The number of rotatable bonds is 4. The van der Waals surface area contributed by atoms with Gasteiger partial charge in [0.05, 0.1) is 25.4 Å². The predicted octanol–water partition coefficient (Wildman–Crippen LogP) is 4.22. The fourth-order valence-corrected chi connectivity index (χ4v) is 3.46. The van der Waals surface area contributed by atoms with Gasteiger partial charge in [-0.25, -0.2) is 0 Å². The summed E-state index contributed by atoms with van der Waals surface area (Å²) in [6, 6.07) is 20.7. The van der Waals surface area contributed by atoms with Crippen molar-refractivity contribution < 1.29 is 14.2 Å². The van der Waals surface area contributed by atoms with Gasteiger partial charge in [0.2, 0.25) is 0 Å². The molecule has 0 radical (unpaired) electrons. The minimum atomic E-state index is -0.163. The molecule has 0 saturated carbocycles. The van der Waals surface area contributed by atoms with E-state index in [2.05, 4.69) is 48.6 Å². The standard InChI is InChI=1S/C21H22O3/c1-3-7-16(8-4-1)11-12-19-18(21-22-13-14-23-21)15-20(24-19)17-9-5-2-6-10-17/h1-12,18-21H,13-15H2/b12-11+/t18-,19-,20-/m1/s1. The summed E-state index contributed by atoms with van der Waals surface area (Å²) in [7, 11) is 0. The summed E-state index contributed by atoms with van der Waals surface area (Å²) in [5.74, 6) is 0.220. The molecule has 24 heavy (non-hydrogen) atoms. The number of hydrogen-bond acceptors (Lipinski definition) is 3. The van der Waals surface area contributed by atoms with Crippen molar-refractivity contribution in [2.75, 3.05) is 13.2 Å². The van der Waals surface area contributed by atoms with Crippen LogP contribution in [0, 0.1) is 5.92 Å². The number of benzene rings is 2. The van der Waals surface area contributed by atoms with Gasteiger partial charge in [-0.15, -0.1) is 0 Å². The molecule has 2 aliphatic rings. The molecule has 2 aromatic carbocycles. The van der Waals surface area contributed by atoms with Gasteiger partial charge in [0.1, 0.15) is 0 Å². The molecule has 3 nitrogen and oxygen atoms in total. The van der Waals surface area contributed by atoms with Crippen molar-refractivity contribution in [1.29, 1.82) is 0 Å². The summed E-state index contributed by atoms with van der Waals surface area (Å²) in [4.78, 5) is 0. The molecule has 2 aromatic rings. The Labute approximate surface area is 142 Å². The fourth-order valence-electron chi connectivity index (χ4n) is 3.46. The van der Waals surface area contributed by atoms with E-state index in [4.69, 9.17) is 14.2 Å². The van der Waals surface area contributed by atoms with E-state index >= 15 is 0 Å². The third-order valence-electron chi connectivity index (χ3n) is 4.68. The molecule has 3 atom stereocenters. The summed E-state index contributed by atoms with van der Waals surface area (Å²) in [6.07, 6.45) is 5.11. The van der Waals surface area contributed by atoms with E-state index in [-0.39, 0.29) is 24.4 Å². The lowest BCUT2D eigenvalue weighted by atomic mass is 9.95. The van der Waals surface area contributed by atoms with Crippen molar-refractivity contribution >= 4 is 6.08 Å². The van der Waals surface area contributed by atoms with Crippen LogP contribution >= 0.6 is 0 Å². The molecule has 0 N–H and O–H groups in total. The molecule has 0 aliphatic carbocycles. The van der Waals surface area contributed by atoms with E-state index in [1.807, 2.05) is 24.3 Å². The normalized spacial score (nSPS) is 27.9. The molecule has 0 bridgehead atoms. The summed E-state index contributed by atoms with van der Waals surface area (Å²) in [5.41, 5.74) is 2.40. The Morgan fingerprint density at radius 2 is 1.50 bits per heavy atom. The van der Waals surface area contributed by atoms with Gasteiger partial charge >= 0.3 is 0 Å². The Bertz CT molecular complexity index is 662. The highest BCUT2D eigenvalue weighted by Gasteiger charge is 2.41. The van der Waals surface area contributed by atoms with Crippen molar-refractivity contribution in [3.05, 3.63) is 77.9 Å². The highest BCUT2D eigenvalue weighted by Crippen LogP contribution is 2.41. The first-order valence-corrected chi connectivity index (χ1v) is 8.57. The Hall–Kier alpha value is -1.94. The minimum absolute atomic E-state index is 0.00138. The summed E-state index contributed by atoms with van der Waals surface area (Å²) in [6.45, 7) is 1.35. The molecule has 0 spiro atoms. The molecule has 0 amide bonds. The van der Waals surface area contributed by atoms with Gasteiger partial charge in [0.25, 0.3) is 0 Å². The van der Waals surface area contributed by atoms with Crippen LogP contribution in [0.3, 0.4) is 0 Å². The van der Waals surface area contributed by atoms with Gasteiger partial charge in [-0.05, 0) is 17.5 Å². The molecular formula is C21H22O3. The molecule has 0 aromatic heterocycles. The van der Waals surface area contributed by atoms with Crippen molar-refractivity contribution in [3.63, 3.8) is 0 Å². The molecule has 2 fully saturated rings. The average Bonchev–Trinajstić information content (AvgIpc) is 3.31. The van der Waals surface area contributed by atoms with Crippen molar-refractivity contribution in [2.45, 2.75) is 24.9 Å². The maximum Gasteiger partial charge on any atom is 0.163 e. The van der Waals surface area contributed by atoms with Crippen LogP contribution in [0.5, 0.6) is 0 Å². The second kappa shape index (κ2) is 7.31. The van der Waals surface area contributed by atoms with E-state index in [0.717, 1.165) is 6.42 Å². The maximum atomic E-state index is 6.35. The van der Waals surface area contributed by atoms with Gasteiger partial charge in [0, 0.05) is 5.92 Å². The molecule has 2 aliphatic heterocycles. The monoisotopic (exact) mass is 322 g/mol. The number of ether oxygens (including phenoxy) is 3. The largest absolute Gasteiger partial charge is 0.366 e. The van der Waals surface area contributed by atoms with E-state index in [0.29, 0.717) is 13.2 Å². The molecule has 4 rings (SSSR count). The van der Waals surface area contributed by atoms with Gasteiger partial charge in [-0.2, -0.15) is 0 Å². The van der Waals surface area contributed by atoms with Gasteiger partial charge in [-0.3, -0.25) is 0 Å². The Morgan fingerprint density at radius 1 is 0.833 bits per heavy atom. The lowest BCUT2D eigenvalue weighted by Gasteiger charge is -2.20. The molecule has 2 saturated heterocycles. The first kappa shape index (κ1) is 15.6. The molecule has 0 unspecified atom stereocenters. The lowest BCUT2D eigenvalue weighted by molar-refractivity contribution is -0.0939. The molecule has 3 heteroatoms. The maximum absolute atomic E-state index is 6.35. The van der Waals surface area contributed by atoms with Crippen LogP contribution < -0.4 is 0 Å². The van der Waals surface area contributed by atoms with Crippen LogP contribution in [0.15, 0.2) is 66.7 Å². The van der Waals surface area contributed by atoms with Crippen LogP contribution in [0.2, 0.25) is 0 Å². The Morgan fingerprint density at radius 3 is 2.21 bits per heavy atom. The zero-order valence-electron chi connectivity index (χ0n) is 13.6. The van der Waals surface area contributed by atoms with Crippen molar-refractivity contribution in [2.24, 2.45) is 5.92 Å². The zero-order valence-corrected chi connectivity index (χ0v) is 13.6. The number of hydrogen-bond donors (Lipinski definition) is 0. The first-order valence-electron chi connectivity index (χ1n) is 8.57. The minimum Gasteiger partial charge on any atom is -0.366 e. The molecular weight excluding hydrogens is 300 g/mol. The van der Waals surface area contributed by atoms with Gasteiger partial charge in [0.15, 0.2) is 6.29 Å². The van der Waals surface area contributed by atoms with E-state index in [1.165, 1.54) is 11.1 Å². The Balaban J connectivity index is 1.54. The van der Waals surface area contributed by atoms with Crippen LogP contribution in [-0.4, -0.2) is 25.6 Å². The lowest BCUT2D eigenvalue weighted by Crippen LogP contribution is -2.27. The van der Waals surface area contributed by atoms with Crippen LogP contribution in [0.4, 0.5) is 0 Å². The predicted molar refractivity (Wildman–Crippen MR) is 93.3 cm³/mol. The van der Waals surface area contributed by atoms with Crippen LogP contribution in [0.25, 0.3) is 6.08 Å². The van der Waals surface area contributed by atoms with E-state index < -0.39 is 0 Å². The third kappa shape index (κ3) is 3.44. The quantitative estimate of drug-likeness (QED) is 0.843. The highest BCUT2D eigenvalue weighted by atomic mass is 16.7. The zero-order chi connectivity index (χ0) is 16.2. The summed E-state index contributed by atoms with van der Waals surface area (Å²) >= 11 is 0. The second-order valence-corrected chi connectivity index (χ2v) is 6.28. The molecule has 2 heterocycles. The second-order valence-electron chi connectivity index (χ2n) is 6.28. The Kier molecular flexibility index (Phi) is 4.74. The first-order chi connectivity index (χ1) is 11.9. The van der Waals surface area contributed by atoms with Crippen LogP contribution in [0.1, 0.15) is 23.7 Å². The van der Waals surface area contributed by atoms with Crippen LogP contribution in [-0.2, 0) is 14.2 Å². The van der Waals surface area contributed by atoms with Crippen molar-refractivity contribution in [3.8, 4) is 0 Å². The van der Waals surface area contributed by atoms with Gasteiger partial charge in [-0.1, -0.05) is 72.8 Å². The summed E-state index contributed by atoms with van der Waals surface area (Å²) in [5, 5.41) is 0.